The first-order chi connectivity index (χ1) is 17.6. The third-order valence-electron chi connectivity index (χ3n) is 6.33. The number of aromatic amines is 1. The van der Waals surface area contributed by atoms with Crippen LogP contribution in [0, 0.1) is 25.2 Å². The van der Waals surface area contributed by atoms with Gasteiger partial charge in [-0.15, -0.1) is 0 Å². The summed E-state index contributed by atoms with van der Waals surface area (Å²) in [5.74, 6) is 0. The highest BCUT2D eigenvalue weighted by atomic mass is 14.9. The Morgan fingerprint density at radius 2 is 1.86 bits per heavy atom. The fourth-order valence-electron chi connectivity index (χ4n) is 4.42. The van der Waals surface area contributed by atoms with Gasteiger partial charge in [0.25, 0.3) is 0 Å². The van der Waals surface area contributed by atoms with Gasteiger partial charge in [0.1, 0.15) is 6.07 Å². The number of imidazole rings is 1. The molecule has 3 aromatic carbocycles. The Hall–Kier alpha value is -4.47. The van der Waals surface area contributed by atoms with E-state index in [-0.39, 0.29) is 0 Å². The number of H-pyrrole nitrogens is 1. The molecular weight excluding hydrogens is 444 g/mol. The minimum absolute atomic E-state index is 0.526. The van der Waals surface area contributed by atoms with Crippen LogP contribution in [0.25, 0.3) is 22.0 Å². The van der Waals surface area contributed by atoms with Gasteiger partial charge in [0, 0.05) is 43.0 Å². The lowest BCUT2D eigenvalue weighted by Gasteiger charge is -2.15. The second kappa shape index (κ2) is 10.4. The first-order valence-electron chi connectivity index (χ1n) is 12.1. The van der Waals surface area contributed by atoms with Crippen molar-refractivity contribution < 1.29 is 0 Å². The van der Waals surface area contributed by atoms with Gasteiger partial charge >= 0.3 is 0 Å². The largest absolute Gasteiger partial charge is 0.354 e. The van der Waals surface area contributed by atoms with E-state index < -0.39 is 0 Å². The van der Waals surface area contributed by atoms with Crippen molar-refractivity contribution in [3.8, 4) is 17.2 Å². The molecule has 6 nitrogen and oxygen atoms in total. The Balaban J connectivity index is 1.38. The maximum Gasteiger partial charge on any atom is 0.103 e. The van der Waals surface area contributed by atoms with Gasteiger partial charge in [0.15, 0.2) is 0 Å². The molecule has 6 heteroatoms. The molecule has 5 aromatic rings. The van der Waals surface area contributed by atoms with Gasteiger partial charge in [-0.05, 0) is 54.3 Å². The summed E-state index contributed by atoms with van der Waals surface area (Å²) in [6.45, 7) is 5.81. The molecule has 2 heterocycles. The predicted molar refractivity (Wildman–Crippen MR) is 145 cm³/mol. The van der Waals surface area contributed by atoms with Crippen molar-refractivity contribution in [3.63, 3.8) is 0 Å². The molecule has 0 atom stereocenters. The zero-order valence-electron chi connectivity index (χ0n) is 20.5. The Morgan fingerprint density at radius 3 is 2.67 bits per heavy atom. The van der Waals surface area contributed by atoms with Gasteiger partial charge in [-0.25, -0.2) is 4.98 Å². The number of nitrogens with zero attached hydrogens (tertiary/aromatic N) is 3. The Morgan fingerprint density at radius 1 is 0.972 bits per heavy atom. The fourth-order valence-corrected chi connectivity index (χ4v) is 4.42. The lowest BCUT2D eigenvalue weighted by atomic mass is 10.00. The highest BCUT2D eigenvalue weighted by Gasteiger charge is 2.12. The number of pyridine rings is 1. The topological polar surface area (TPSA) is 89.4 Å². The summed E-state index contributed by atoms with van der Waals surface area (Å²) in [4.78, 5) is 11.9. The molecule has 0 unspecified atom stereocenters. The van der Waals surface area contributed by atoms with E-state index in [2.05, 4.69) is 106 Å². The molecule has 178 valence electrons. The molecule has 0 spiro atoms. The van der Waals surface area contributed by atoms with Gasteiger partial charge in [0.2, 0.25) is 0 Å². The number of rotatable bonds is 8. The van der Waals surface area contributed by atoms with Crippen LogP contribution in [0.2, 0.25) is 0 Å². The monoisotopic (exact) mass is 472 g/mol. The van der Waals surface area contributed by atoms with Crippen LogP contribution >= 0.6 is 0 Å². The van der Waals surface area contributed by atoms with E-state index in [1.807, 2.05) is 6.20 Å². The molecule has 0 amide bonds. The second-order valence-corrected chi connectivity index (χ2v) is 9.02. The third-order valence-corrected chi connectivity index (χ3v) is 6.33. The average molecular weight is 473 g/mol. The minimum atomic E-state index is 0.526. The van der Waals surface area contributed by atoms with E-state index >= 15 is 0 Å². The van der Waals surface area contributed by atoms with E-state index in [0.29, 0.717) is 5.56 Å². The predicted octanol–water partition coefficient (Wildman–Crippen LogP) is 6.19. The first kappa shape index (κ1) is 23.3. The summed E-state index contributed by atoms with van der Waals surface area (Å²) in [5, 5.41) is 17.6. The summed E-state index contributed by atoms with van der Waals surface area (Å²) in [5.41, 5.74) is 10.0. The number of nitrogens with one attached hydrogen (secondary N) is 3. The van der Waals surface area contributed by atoms with E-state index in [0.717, 1.165) is 64.2 Å². The van der Waals surface area contributed by atoms with Crippen molar-refractivity contribution in [1.29, 1.82) is 5.26 Å². The molecule has 0 aliphatic heterocycles. The lowest BCUT2D eigenvalue weighted by Crippen LogP contribution is -2.16. The summed E-state index contributed by atoms with van der Waals surface area (Å²) >= 11 is 0. The normalized spacial score (nSPS) is 10.9. The molecule has 36 heavy (non-hydrogen) atoms. The Labute approximate surface area is 211 Å². The molecule has 0 radical (unpaired) electrons. The molecule has 0 saturated carbocycles. The van der Waals surface area contributed by atoms with Gasteiger partial charge < -0.3 is 15.6 Å². The standard InChI is InChI=1S/C30H28N6/c1-20-6-9-28(21(2)12-20)36-30-25(15-31)17-34-29-14-24(7-8-27(29)30)23-5-3-4-22(13-23)16-32-11-10-26-18-33-19-35-26/h3-9,12-14,17-19,32H,10-11,16H2,1-2H3,(H,33,35)(H,34,36). The van der Waals surface area contributed by atoms with E-state index in [1.165, 1.54) is 11.1 Å². The summed E-state index contributed by atoms with van der Waals surface area (Å²) < 4.78 is 0. The SMILES string of the molecule is Cc1ccc(Nc2c(C#N)cnc3cc(-c4cccc(CNCCc5c[nH]cn5)c4)ccc23)c(C)c1. The first-order valence-corrected chi connectivity index (χ1v) is 12.1. The van der Waals surface area contributed by atoms with Crippen molar-refractivity contribution in [2.24, 2.45) is 0 Å². The van der Waals surface area contributed by atoms with Crippen molar-refractivity contribution in [3.05, 3.63) is 107 Å². The van der Waals surface area contributed by atoms with Crippen LogP contribution in [0.3, 0.4) is 0 Å². The summed E-state index contributed by atoms with van der Waals surface area (Å²) in [7, 11) is 0. The molecule has 0 aliphatic rings. The van der Waals surface area contributed by atoms with Gasteiger partial charge in [0.05, 0.1) is 28.8 Å². The van der Waals surface area contributed by atoms with Crippen molar-refractivity contribution >= 4 is 22.3 Å². The van der Waals surface area contributed by atoms with Crippen molar-refractivity contribution in [1.82, 2.24) is 20.3 Å². The number of hydrogen-bond acceptors (Lipinski definition) is 5. The maximum atomic E-state index is 9.73. The number of aryl methyl sites for hydroxylation is 2. The van der Waals surface area contributed by atoms with Crippen LogP contribution in [-0.4, -0.2) is 21.5 Å². The molecule has 5 rings (SSSR count). The zero-order chi connectivity index (χ0) is 24.9. The quantitative estimate of drug-likeness (QED) is 0.234. The van der Waals surface area contributed by atoms with Crippen molar-refractivity contribution in [2.75, 3.05) is 11.9 Å². The smallest absolute Gasteiger partial charge is 0.103 e. The fraction of sp³-hybridized carbons (Fsp3) is 0.167. The highest BCUT2D eigenvalue weighted by Crippen LogP contribution is 2.33. The molecule has 2 aromatic heterocycles. The molecule has 3 N–H and O–H groups in total. The molecule has 0 bridgehead atoms. The molecular formula is C30H28N6. The van der Waals surface area contributed by atoms with E-state index in [4.69, 9.17) is 0 Å². The number of anilines is 2. The van der Waals surface area contributed by atoms with Gasteiger partial charge in [-0.1, -0.05) is 48.0 Å². The van der Waals surface area contributed by atoms with E-state index in [9.17, 15) is 5.26 Å². The van der Waals surface area contributed by atoms with Crippen LogP contribution in [0.15, 0.2) is 79.4 Å². The molecule has 0 aliphatic carbocycles. The number of nitriles is 1. The minimum Gasteiger partial charge on any atom is -0.354 e. The van der Waals surface area contributed by atoms with Gasteiger partial charge in [-0.2, -0.15) is 5.26 Å². The Bertz CT molecular complexity index is 1550. The van der Waals surface area contributed by atoms with Crippen LogP contribution in [0.4, 0.5) is 11.4 Å². The maximum absolute atomic E-state index is 9.73. The van der Waals surface area contributed by atoms with Gasteiger partial charge in [-0.3, -0.25) is 4.98 Å². The van der Waals surface area contributed by atoms with Crippen molar-refractivity contribution in [2.45, 2.75) is 26.8 Å². The van der Waals surface area contributed by atoms with Crippen LogP contribution in [0.1, 0.15) is 27.9 Å². The van der Waals surface area contributed by atoms with Crippen LogP contribution < -0.4 is 10.6 Å². The summed E-state index contributed by atoms with van der Waals surface area (Å²) in [6.07, 6.45) is 6.18. The Kier molecular flexibility index (Phi) is 6.74. The summed E-state index contributed by atoms with van der Waals surface area (Å²) in [6, 6.07) is 23.3. The lowest BCUT2D eigenvalue weighted by molar-refractivity contribution is 0.681. The van der Waals surface area contributed by atoms with Crippen LogP contribution in [0.5, 0.6) is 0 Å². The number of hydrogen-bond donors (Lipinski definition) is 3. The van der Waals surface area contributed by atoms with Crippen LogP contribution in [-0.2, 0) is 13.0 Å². The number of fused-ring (bicyclic) bond motifs is 1. The highest BCUT2D eigenvalue weighted by molar-refractivity contribution is 5.97. The van der Waals surface area contributed by atoms with E-state index in [1.54, 1.807) is 12.5 Å². The third kappa shape index (κ3) is 5.12. The number of aromatic nitrogens is 3. The molecule has 0 fully saturated rings. The average Bonchev–Trinajstić information content (AvgIpc) is 3.42. The number of benzene rings is 3. The zero-order valence-corrected chi connectivity index (χ0v) is 20.5. The molecule has 0 saturated heterocycles. The second-order valence-electron chi connectivity index (χ2n) is 9.02.